The molecule has 1 fully saturated rings. The van der Waals surface area contributed by atoms with Crippen molar-refractivity contribution >= 4 is 17.3 Å². The van der Waals surface area contributed by atoms with E-state index >= 15 is 0 Å². The fourth-order valence-electron chi connectivity index (χ4n) is 4.78. The van der Waals surface area contributed by atoms with Crippen molar-refractivity contribution in [2.24, 2.45) is 13.0 Å². The number of amides is 1. The lowest BCUT2D eigenvalue weighted by molar-refractivity contribution is -0.120. The summed E-state index contributed by atoms with van der Waals surface area (Å²) in [5.74, 6) is 1.07. The summed E-state index contributed by atoms with van der Waals surface area (Å²) < 4.78 is 13.8. The molecule has 2 aliphatic heterocycles. The second kappa shape index (κ2) is 9.32. The van der Waals surface area contributed by atoms with Gasteiger partial charge in [0.15, 0.2) is 11.5 Å². The summed E-state index contributed by atoms with van der Waals surface area (Å²) in [6.45, 7) is 3.89. The molecular formula is C26H28N4O5. The first kappa shape index (κ1) is 22.8. The topological polar surface area (TPSA) is 94.8 Å². The van der Waals surface area contributed by atoms with Gasteiger partial charge in [-0.05, 0) is 44.0 Å². The van der Waals surface area contributed by atoms with Crippen molar-refractivity contribution < 1.29 is 14.3 Å². The van der Waals surface area contributed by atoms with Gasteiger partial charge in [0.1, 0.15) is 18.9 Å². The number of aromatic nitrogens is 2. The molecule has 0 bridgehead atoms. The van der Waals surface area contributed by atoms with Gasteiger partial charge in [0, 0.05) is 37.8 Å². The van der Waals surface area contributed by atoms with Crippen molar-refractivity contribution in [3.63, 3.8) is 0 Å². The standard InChI is InChI=1S/C26H28N4O5/c1-17-23(25(32)28(2)26(33)30(17)20-6-4-3-5-7-20)29-12-10-18(11-13-29)24(31)27-19-8-9-21-22(16-19)35-15-14-34-21/h3-9,16,18H,10-15H2,1-2H3,(H,27,31). The Morgan fingerprint density at radius 1 is 0.971 bits per heavy atom. The Kier molecular flexibility index (Phi) is 6.07. The van der Waals surface area contributed by atoms with E-state index in [-0.39, 0.29) is 23.1 Å². The number of nitrogens with zero attached hydrogens (tertiary/aromatic N) is 3. The first-order valence-corrected chi connectivity index (χ1v) is 11.8. The molecule has 0 aliphatic carbocycles. The van der Waals surface area contributed by atoms with Crippen molar-refractivity contribution in [2.75, 3.05) is 36.5 Å². The number of anilines is 2. The van der Waals surface area contributed by atoms with Crippen LogP contribution in [0, 0.1) is 12.8 Å². The molecule has 0 unspecified atom stereocenters. The molecule has 0 atom stereocenters. The van der Waals surface area contributed by atoms with E-state index in [9.17, 15) is 14.4 Å². The normalized spacial score (nSPS) is 15.7. The Bertz CT molecular complexity index is 1370. The van der Waals surface area contributed by atoms with Crippen molar-refractivity contribution in [3.8, 4) is 17.2 Å². The van der Waals surface area contributed by atoms with Crippen LogP contribution in [0.1, 0.15) is 18.5 Å². The minimum absolute atomic E-state index is 0.0554. The highest BCUT2D eigenvalue weighted by Gasteiger charge is 2.29. The number of rotatable bonds is 4. The van der Waals surface area contributed by atoms with Crippen LogP contribution in [-0.2, 0) is 11.8 Å². The van der Waals surface area contributed by atoms with Crippen LogP contribution in [0.4, 0.5) is 11.4 Å². The molecule has 9 nitrogen and oxygen atoms in total. The Balaban J connectivity index is 1.32. The van der Waals surface area contributed by atoms with E-state index in [1.54, 1.807) is 29.7 Å². The summed E-state index contributed by atoms with van der Waals surface area (Å²) in [7, 11) is 1.50. The third kappa shape index (κ3) is 4.29. The fraction of sp³-hybridized carbons (Fsp3) is 0.346. The lowest BCUT2D eigenvalue weighted by Gasteiger charge is -2.34. The Labute approximate surface area is 202 Å². The van der Waals surface area contributed by atoms with Crippen LogP contribution in [0.2, 0.25) is 0 Å². The molecule has 0 spiro atoms. The zero-order chi connectivity index (χ0) is 24.5. The highest BCUT2D eigenvalue weighted by molar-refractivity contribution is 5.93. The van der Waals surface area contributed by atoms with E-state index in [2.05, 4.69) is 5.32 Å². The van der Waals surface area contributed by atoms with E-state index in [4.69, 9.17) is 9.47 Å². The summed E-state index contributed by atoms with van der Waals surface area (Å²) in [4.78, 5) is 40.9. The number of hydrogen-bond donors (Lipinski definition) is 1. The third-order valence-corrected chi connectivity index (χ3v) is 6.67. The van der Waals surface area contributed by atoms with Gasteiger partial charge in [-0.15, -0.1) is 0 Å². The molecule has 1 aromatic heterocycles. The Morgan fingerprint density at radius 3 is 2.37 bits per heavy atom. The maximum Gasteiger partial charge on any atom is 0.335 e. The van der Waals surface area contributed by atoms with Gasteiger partial charge < -0.3 is 19.7 Å². The highest BCUT2D eigenvalue weighted by atomic mass is 16.6. The molecule has 1 N–H and O–H groups in total. The fourth-order valence-corrected chi connectivity index (χ4v) is 4.78. The monoisotopic (exact) mass is 476 g/mol. The molecule has 1 saturated heterocycles. The minimum atomic E-state index is -0.379. The van der Waals surface area contributed by atoms with Crippen LogP contribution in [0.5, 0.6) is 11.5 Å². The number of fused-ring (bicyclic) bond motifs is 1. The van der Waals surface area contributed by atoms with E-state index < -0.39 is 0 Å². The predicted octanol–water partition coefficient (Wildman–Crippen LogP) is 2.47. The lowest BCUT2D eigenvalue weighted by Crippen LogP contribution is -2.46. The largest absolute Gasteiger partial charge is 0.486 e. The van der Waals surface area contributed by atoms with Crippen LogP contribution in [0.25, 0.3) is 5.69 Å². The molecule has 182 valence electrons. The SMILES string of the molecule is Cc1c(N2CCC(C(=O)Nc3ccc4c(c3)OCCO4)CC2)c(=O)n(C)c(=O)n1-c1ccccc1. The summed E-state index contributed by atoms with van der Waals surface area (Å²) in [5, 5.41) is 2.98. The zero-order valence-corrected chi connectivity index (χ0v) is 19.8. The van der Waals surface area contributed by atoms with E-state index in [0.717, 1.165) is 4.57 Å². The number of piperidine rings is 1. The van der Waals surface area contributed by atoms with Crippen molar-refractivity contribution in [3.05, 3.63) is 75.1 Å². The van der Waals surface area contributed by atoms with E-state index in [1.807, 2.05) is 35.2 Å². The molecule has 1 amide bonds. The molecule has 0 radical (unpaired) electrons. The quantitative estimate of drug-likeness (QED) is 0.622. The number of benzene rings is 2. The van der Waals surface area contributed by atoms with Crippen LogP contribution in [0.3, 0.4) is 0 Å². The van der Waals surface area contributed by atoms with Gasteiger partial charge in [0.25, 0.3) is 5.56 Å². The molecular weight excluding hydrogens is 448 g/mol. The van der Waals surface area contributed by atoms with Crippen molar-refractivity contribution in [1.82, 2.24) is 9.13 Å². The molecule has 0 saturated carbocycles. The molecule has 35 heavy (non-hydrogen) atoms. The maximum absolute atomic E-state index is 13.1. The van der Waals surface area contributed by atoms with Crippen LogP contribution in [-0.4, -0.2) is 41.3 Å². The van der Waals surface area contributed by atoms with E-state index in [1.165, 1.54) is 7.05 Å². The number of hydrogen-bond acceptors (Lipinski definition) is 6. The van der Waals surface area contributed by atoms with Gasteiger partial charge >= 0.3 is 5.69 Å². The van der Waals surface area contributed by atoms with Gasteiger partial charge in [-0.1, -0.05) is 18.2 Å². The number of carbonyl (C=O) groups is 1. The smallest absolute Gasteiger partial charge is 0.335 e. The molecule has 5 rings (SSSR count). The number of carbonyl (C=O) groups excluding carboxylic acids is 1. The van der Waals surface area contributed by atoms with Gasteiger partial charge in [0.05, 0.1) is 11.4 Å². The van der Waals surface area contributed by atoms with Gasteiger partial charge in [-0.25, -0.2) is 4.79 Å². The third-order valence-electron chi connectivity index (χ3n) is 6.67. The van der Waals surface area contributed by atoms with Crippen molar-refractivity contribution in [2.45, 2.75) is 19.8 Å². The number of nitrogens with one attached hydrogen (secondary N) is 1. The summed E-state index contributed by atoms with van der Waals surface area (Å²) in [6.07, 6.45) is 1.20. The molecule has 2 aliphatic rings. The minimum Gasteiger partial charge on any atom is -0.486 e. The van der Waals surface area contributed by atoms with Crippen molar-refractivity contribution in [1.29, 1.82) is 0 Å². The average molecular weight is 477 g/mol. The first-order chi connectivity index (χ1) is 16.9. The van der Waals surface area contributed by atoms with Crippen LogP contribution < -0.4 is 30.9 Å². The Hall–Kier alpha value is -4.01. The van der Waals surface area contributed by atoms with Crippen LogP contribution >= 0.6 is 0 Å². The van der Waals surface area contributed by atoms with Gasteiger partial charge in [-0.3, -0.25) is 18.7 Å². The predicted molar refractivity (Wildman–Crippen MR) is 133 cm³/mol. The highest BCUT2D eigenvalue weighted by Crippen LogP contribution is 2.33. The summed E-state index contributed by atoms with van der Waals surface area (Å²) in [5.41, 5.74) is 1.78. The molecule has 2 aromatic carbocycles. The van der Waals surface area contributed by atoms with E-state index in [0.29, 0.717) is 73.4 Å². The van der Waals surface area contributed by atoms with Gasteiger partial charge in [-0.2, -0.15) is 0 Å². The zero-order valence-electron chi connectivity index (χ0n) is 19.8. The summed E-state index contributed by atoms with van der Waals surface area (Å²) in [6, 6.07) is 14.7. The summed E-state index contributed by atoms with van der Waals surface area (Å²) >= 11 is 0. The average Bonchev–Trinajstić information content (AvgIpc) is 2.88. The second-order valence-electron chi connectivity index (χ2n) is 8.86. The number of para-hydroxylation sites is 1. The maximum atomic E-state index is 13.1. The second-order valence-corrected chi connectivity index (χ2v) is 8.86. The van der Waals surface area contributed by atoms with Crippen LogP contribution in [0.15, 0.2) is 58.1 Å². The Morgan fingerprint density at radius 2 is 1.66 bits per heavy atom. The first-order valence-electron chi connectivity index (χ1n) is 11.8. The van der Waals surface area contributed by atoms with Gasteiger partial charge in [0.2, 0.25) is 5.91 Å². The molecule has 3 aromatic rings. The molecule has 3 heterocycles. The lowest BCUT2D eigenvalue weighted by atomic mass is 9.95. The molecule has 9 heteroatoms. The number of ether oxygens (including phenoxy) is 2.